The van der Waals surface area contributed by atoms with Gasteiger partial charge in [0.2, 0.25) is 0 Å². The first-order chi connectivity index (χ1) is 13.1. The van der Waals surface area contributed by atoms with E-state index in [9.17, 15) is 4.79 Å². The van der Waals surface area contributed by atoms with Gasteiger partial charge in [0.1, 0.15) is 0 Å². The number of hydrogen-bond acceptors (Lipinski definition) is 2. The van der Waals surface area contributed by atoms with Crippen LogP contribution in [0.1, 0.15) is 43.2 Å². The zero-order valence-corrected chi connectivity index (χ0v) is 17.4. The third kappa shape index (κ3) is 3.68. The fourth-order valence-electron chi connectivity index (χ4n) is 3.66. The summed E-state index contributed by atoms with van der Waals surface area (Å²) in [6.45, 7) is 4.96. The smallest absolute Gasteiger partial charge is 0.307 e. The average molecular weight is 426 g/mol. The van der Waals surface area contributed by atoms with Crippen LogP contribution in [0.4, 0.5) is 0 Å². The molecule has 1 fully saturated rings. The number of nitrogens with zero attached hydrogens (tertiary/aromatic N) is 1. The van der Waals surface area contributed by atoms with Crippen molar-refractivity contribution < 1.29 is 9.53 Å². The number of esters is 1. The zero-order valence-electron chi connectivity index (χ0n) is 15.8. The Morgan fingerprint density at radius 3 is 2.59 bits per heavy atom. The standard InChI is InChI=1S/C23H24BrNO2/c1-3-27-21(26)12-13-25-20-11-10-18(16-8-9-16)14-19(20)22(24)23(25)17-6-4-15(2)5-7-17/h4-7,10-11,14,16H,3,8-9,12-13H2,1-2H3. The van der Waals surface area contributed by atoms with Crippen LogP contribution in [0.3, 0.4) is 0 Å². The fourth-order valence-corrected chi connectivity index (χ4v) is 4.42. The minimum atomic E-state index is -0.153. The average Bonchev–Trinajstić information content (AvgIpc) is 3.47. The van der Waals surface area contributed by atoms with Gasteiger partial charge in [0.25, 0.3) is 0 Å². The van der Waals surface area contributed by atoms with Crippen molar-refractivity contribution >= 4 is 32.8 Å². The summed E-state index contributed by atoms with van der Waals surface area (Å²) >= 11 is 3.86. The van der Waals surface area contributed by atoms with Crippen LogP contribution in [0.5, 0.6) is 0 Å². The van der Waals surface area contributed by atoms with Crippen LogP contribution >= 0.6 is 15.9 Å². The number of aryl methyl sites for hydroxylation is 2. The molecule has 0 amide bonds. The molecule has 0 atom stereocenters. The van der Waals surface area contributed by atoms with Crippen molar-refractivity contribution in [1.29, 1.82) is 0 Å². The highest BCUT2D eigenvalue weighted by Crippen LogP contribution is 2.44. The summed E-state index contributed by atoms with van der Waals surface area (Å²) < 4.78 is 8.49. The van der Waals surface area contributed by atoms with Gasteiger partial charge in [-0.2, -0.15) is 0 Å². The topological polar surface area (TPSA) is 31.2 Å². The molecular weight excluding hydrogens is 402 g/mol. The third-order valence-electron chi connectivity index (χ3n) is 5.24. The van der Waals surface area contributed by atoms with Crippen LogP contribution in [0.25, 0.3) is 22.2 Å². The quantitative estimate of drug-likeness (QED) is 0.439. The number of rotatable bonds is 6. The SMILES string of the molecule is CCOC(=O)CCn1c(-c2ccc(C)cc2)c(Br)c2cc(C3CC3)ccc21. The molecule has 2 aromatic carbocycles. The molecule has 0 spiro atoms. The molecule has 4 heteroatoms. The molecule has 1 aliphatic rings. The highest BCUT2D eigenvalue weighted by atomic mass is 79.9. The van der Waals surface area contributed by atoms with Crippen LogP contribution in [0.2, 0.25) is 0 Å². The Hall–Kier alpha value is -2.07. The lowest BCUT2D eigenvalue weighted by Gasteiger charge is -2.12. The molecular formula is C23H24BrNO2. The Balaban J connectivity index is 1.82. The number of halogens is 1. The Morgan fingerprint density at radius 1 is 1.19 bits per heavy atom. The Kier molecular flexibility index (Phi) is 5.09. The minimum Gasteiger partial charge on any atom is -0.466 e. The Labute approximate surface area is 168 Å². The van der Waals surface area contributed by atoms with E-state index in [1.54, 1.807) is 0 Å². The van der Waals surface area contributed by atoms with Crippen LogP contribution in [-0.2, 0) is 16.1 Å². The van der Waals surface area contributed by atoms with Gasteiger partial charge in [0, 0.05) is 17.4 Å². The lowest BCUT2D eigenvalue weighted by Crippen LogP contribution is -2.09. The molecule has 27 heavy (non-hydrogen) atoms. The van der Waals surface area contributed by atoms with Gasteiger partial charge in [0.05, 0.1) is 23.2 Å². The molecule has 1 aliphatic carbocycles. The van der Waals surface area contributed by atoms with Crippen molar-refractivity contribution in [3.8, 4) is 11.3 Å². The van der Waals surface area contributed by atoms with Crippen molar-refractivity contribution in [1.82, 2.24) is 4.57 Å². The molecule has 1 aromatic heterocycles. The van der Waals surface area contributed by atoms with Gasteiger partial charge >= 0.3 is 5.97 Å². The third-order valence-corrected chi connectivity index (χ3v) is 6.05. The van der Waals surface area contributed by atoms with E-state index in [4.69, 9.17) is 4.74 Å². The highest BCUT2D eigenvalue weighted by molar-refractivity contribution is 9.10. The van der Waals surface area contributed by atoms with Crippen molar-refractivity contribution in [3.63, 3.8) is 0 Å². The first-order valence-electron chi connectivity index (χ1n) is 9.62. The molecule has 3 aromatic rings. The zero-order chi connectivity index (χ0) is 19.0. The number of carbonyl (C=O) groups excluding carboxylic acids is 1. The first-order valence-corrected chi connectivity index (χ1v) is 10.4. The first kappa shape index (κ1) is 18.3. The molecule has 3 nitrogen and oxygen atoms in total. The summed E-state index contributed by atoms with van der Waals surface area (Å²) in [4.78, 5) is 12.0. The number of ether oxygens (including phenoxy) is 1. The predicted octanol–water partition coefficient (Wildman–Crippen LogP) is 6.21. The molecule has 0 saturated heterocycles. The summed E-state index contributed by atoms with van der Waals surface area (Å²) in [7, 11) is 0. The number of benzene rings is 2. The Bertz CT molecular complexity index is 984. The monoisotopic (exact) mass is 425 g/mol. The molecule has 140 valence electrons. The van der Waals surface area contributed by atoms with Gasteiger partial charge in [-0.05, 0) is 71.8 Å². The van der Waals surface area contributed by atoms with Crippen molar-refractivity contribution in [2.45, 2.75) is 45.6 Å². The van der Waals surface area contributed by atoms with Gasteiger partial charge in [-0.15, -0.1) is 0 Å². The normalized spacial score (nSPS) is 13.9. The molecule has 0 unspecified atom stereocenters. The fraction of sp³-hybridized carbons (Fsp3) is 0.348. The molecule has 0 bridgehead atoms. The molecule has 1 heterocycles. The van der Waals surface area contributed by atoms with Crippen molar-refractivity contribution in [2.24, 2.45) is 0 Å². The number of hydrogen-bond donors (Lipinski definition) is 0. The van der Waals surface area contributed by atoms with Gasteiger partial charge in [-0.1, -0.05) is 35.9 Å². The number of fused-ring (bicyclic) bond motifs is 1. The maximum Gasteiger partial charge on any atom is 0.307 e. The predicted molar refractivity (Wildman–Crippen MR) is 113 cm³/mol. The second-order valence-corrected chi connectivity index (χ2v) is 8.08. The van der Waals surface area contributed by atoms with Crippen LogP contribution < -0.4 is 0 Å². The van der Waals surface area contributed by atoms with E-state index >= 15 is 0 Å². The van der Waals surface area contributed by atoms with Gasteiger partial charge < -0.3 is 9.30 Å². The number of aromatic nitrogens is 1. The van der Waals surface area contributed by atoms with Crippen molar-refractivity contribution in [3.05, 3.63) is 58.1 Å². The largest absolute Gasteiger partial charge is 0.466 e. The van der Waals surface area contributed by atoms with E-state index in [1.807, 2.05) is 6.92 Å². The van der Waals surface area contributed by atoms with Crippen molar-refractivity contribution in [2.75, 3.05) is 6.61 Å². The van der Waals surface area contributed by atoms with Gasteiger partial charge in [-0.25, -0.2) is 0 Å². The van der Waals surface area contributed by atoms with E-state index in [1.165, 1.54) is 29.4 Å². The summed E-state index contributed by atoms with van der Waals surface area (Å²) in [5.74, 6) is 0.562. The van der Waals surface area contributed by atoms with E-state index in [0.29, 0.717) is 25.5 Å². The van der Waals surface area contributed by atoms with E-state index in [2.05, 4.69) is 69.9 Å². The summed E-state index contributed by atoms with van der Waals surface area (Å²) in [5, 5.41) is 1.22. The Morgan fingerprint density at radius 2 is 1.93 bits per heavy atom. The van der Waals surface area contributed by atoms with E-state index < -0.39 is 0 Å². The summed E-state index contributed by atoms with van der Waals surface area (Å²) in [5.41, 5.74) is 6.09. The highest BCUT2D eigenvalue weighted by Gasteiger charge is 2.25. The van der Waals surface area contributed by atoms with Crippen LogP contribution in [0.15, 0.2) is 46.9 Å². The molecule has 0 radical (unpaired) electrons. The second-order valence-electron chi connectivity index (χ2n) is 7.29. The van der Waals surface area contributed by atoms with E-state index in [0.717, 1.165) is 21.2 Å². The maximum absolute atomic E-state index is 12.0. The van der Waals surface area contributed by atoms with Crippen LogP contribution in [-0.4, -0.2) is 17.1 Å². The molecule has 0 aliphatic heterocycles. The lowest BCUT2D eigenvalue weighted by molar-refractivity contribution is -0.143. The number of carbonyl (C=O) groups is 1. The van der Waals surface area contributed by atoms with Gasteiger partial charge in [-0.3, -0.25) is 4.79 Å². The molecule has 1 saturated carbocycles. The lowest BCUT2D eigenvalue weighted by atomic mass is 10.1. The molecule has 0 N–H and O–H groups in total. The van der Waals surface area contributed by atoms with Crippen LogP contribution in [0, 0.1) is 6.92 Å². The molecule has 4 rings (SSSR count). The van der Waals surface area contributed by atoms with Gasteiger partial charge in [0.15, 0.2) is 0 Å². The summed E-state index contributed by atoms with van der Waals surface area (Å²) in [6, 6.07) is 15.3. The second kappa shape index (κ2) is 7.51. The maximum atomic E-state index is 12.0. The van der Waals surface area contributed by atoms with E-state index in [-0.39, 0.29) is 5.97 Å². The minimum absolute atomic E-state index is 0.153. The summed E-state index contributed by atoms with van der Waals surface area (Å²) in [6.07, 6.45) is 2.95.